The maximum atomic E-state index is 13.6. The second kappa shape index (κ2) is 4.78. The van der Waals surface area contributed by atoms with E-state index in [2.05, 4.69) is 15.3 Å². The van der Waals surface area contributed by atoms with Gasteiger partial charge in [-0.3, -0.25) is 0 Å². The van der Waals surface area contributed by atoms with Crippen LogP contribution in [-0.4, -0.2) is 24.1 Å². The van der Waals surface area contributed by atoms with Gasteiger partial charge in [-0.1, -0.05) is 12.1 Å². The summed E-state index contributed by atoms with van der Waals surface area (Å²) in [5, 5.41) is 2.92. The molecule has 0 saturated carbocycles. The Kier molecular flexibility index (Phi) is 3.18. The molecule has 17 heavy (non-hydrogen) atoms. The number of hydrogen-bond acceptors (Lipinski definition) is 4. The highest BCUT2D eigenvalue weighted by Crippen LogP contribution is 2.24. The maximum absolute atomic E-state index is 13.6. The fraction of sp³-hybridized carbons (Fsp3) is 0.167. The quantitative estimate of drug-likeness (QED) is 0.882. The van der Waals surface area contributed by atoms with Crippen molar-refractivity contribution in [2.75, 3.05) is 24.3 Å². The lowest BCUT2D eigenvalue weighted by Crippen LogP contribution is -2.13. The van der Waals surface area contributed by atoms with E-state index in [0.29, 0.717) is 17.3 Å². The summed E-state index contributed by atoms with van der Waals surface area (Å²) in [5.74, 6) is 1.05. The average Bonchev–Trinajstić information content (AvgIpc) is 2.38. The van der Waals surface area contributed by atoms with E-state index in [0.717, 1.165) is 0 Å². The van der Waals surface area contributed by atoms with Crippen molar-refractivity contribution < 1.29 is 4.39 Å². The molecule has 0 amide bonds. The van der Waals surface area contributed by atoms with E-state index in [1.807, 2.05) is 0 Å². The van der Waals surface area contributed by atoms with Gasteiger partial charge in [0.15, 0.2) is 0 Å². The minimum absolute atomic E-state index is 0.278. The van der Waals surface area contributed by atoms with Gasteiger partial charge in [-0.15, -0.1) is 0 Å². The number of benzene rings is 1. The van der Waals surface area contributed by atoms with Crippen LogP contribution in [0.5, 0.6) is 0 Å². The molecule has 0 spiro atoms. The van der Waals surface area contributed by atoms with Crippen molar-refractivity contribution in [2.45, 2.75) is 0 Å². The molecule has 0 aliphatic carbocycles. The Labute approximate surface area is 99.1 Å². The van der Waals surface area contributed by atoms with Gasteiger partial charge in [-0.25, -0.2) is 14.4 Å². The normalized spacial score (nSPS) is 10.1. The van der Waals surface area contributed by atoms with Crippen LogP contribution in [0.2, 0.25) is 0 Å². The molecule has 0 saturated heterocycles. The van der Waals surface area contributed by atoms with E-state index in [1.165, 1.54) is 12.4 Å². The van der Waals surface area contributed by atoms with Crippen molar-refractivity contribution in [3.63, 3.8) is 0 Å². The largest absolute Gasteiger partial charge is 0.373 e. The van der Waals surface area contributed by atoms with Crippen LogP contribution >= 0.6 is 0 Å². The van der Waals surface area contributed by atoms with Gasteiger partial charge in [0.25, 0.3) is 0 Å². The summed E-state index contributed by atoms with van der Waals surface area (Å²) in [5.41, 5.74) is 0.480. The Morgan fingerprint density at radius 1 is 1.24 bits per heavy atom. The molecule has 2 rings (SSSR count). The van der Waals surface area contributed by atoms with Crippen LogP contribution in [0.25, 0.3) is 0 Å². The fourth-order valence-corrected chi connectivity index (χ4v) is 1.51. The molecule has 5 heteroatoms. The predicted octanol–water partition coefficient (Wildman–Crippen LogP) is 2.43. The van der Waals surface area contributed by atoms with Crippen LogP contribution in [0, 0.1) is 5.82 Å². The first-order chi connectivity index (χ1) is 8.22. The van der Waals surface area contributed by atoms with Gasteiger partial charge < -0.3 is 10.2 Å². The second-order valence-corrected chi connectivity index (χ2v) is 3.52. The lowest BCUT2D eigenvalue weighted by Gasteiger charge is -2.18. The van der Waals surface area contributed by atoms with Crippen molar-refractivity contribution in [3.8, 4) is 0 Å². The van der Waals surface area contributed by atoms with Crippen LogP contribution in [0.4, 0.5) is 21.7 Å². The number of nitrogens with one attached hydrogen (secondary N) is 1. The van der Waals surface area contributed by atoms with E-state index >= 15 is 0 Å². The van der Waals surface area contributed by atoms with E-state index in [-0.39, 0.29) is 5.82 Å². The second-order valence-electron chi connectivity index (χ2n) is 3.52. The minimum atomic E-state index is -0.278. The van der Waals surface area contributed by atoms with Crippen molar-refractivity contribution in [1.29, 1.82) is 0 Å². The molecule has 0 fully saturated rings. The number of para-hydroxylation sites is 1. The zero-order valence-electron chi connectivity index (χ0n) is 9.68. The Hall–Kier alpha value is -2.17. The fourth-order valence-electron chi connectivity index (χ4n) is 1.51. The van der Waals surface area contributed by atoms with Gasteiger partial charge in [0.2, 0.25) is 0 Å². The van der Waals surface area contributed by atoms with Crippen molar-refractivity contribution in [1.82, 2.24) is 9.97 Å². The third-order valence-corrected chi connectivity index (χ3v) is 2.47. The summed E-state index contributed by atoms with van der Waals surface area (Å²) in [7, 11) is 3.54. The summed E-state index contributed by atoms with van der Waals surface area (Å²) < 4.78 is 13.6. The van der Waals surface area contributed by atoms with E-state index < -0.39 is 0 Å². The summed E-state index contributed by atoms with van der Waals surface area (Å²) >= 11 is 0. The molecular weight excluding hydrogens is 219 g/mol. The van der Waals surface area contributed by atoms with Gasteiger partial charge in [-0.05, 0) is 12.1 Å². The van der Waals surface area contributed by atoms with Gasteiger partial charge in [0, 0.05) is 20.2 Å². The molecule has 0 atom stereocenters. The predicted molar refractivity (Wildman–Crippen MR) is 66.0 cm³/mol. The average molecular weight is 232 g/mol. The smallest absolute Gasteiger partial charge is 0.146 e. The lowest BCUT2D eigenvalue weighted by atomic mass is 10.3. The molecule has 0 unspecified atom stereocenters. The molecule has 88 valence electrons. The summed E-state index contributed by atoms with van der Waals surface area (Å²) in [6, 6.07) is 8.33. The zero-order valence-corrected chi connectivity index (χ0v) is 9.68. The zero-order chi connectivity index (χ0) is 12.3. The van der Waals surface area contributed by atoms with Gasteiger partial charge in [0.1, 0.15) is 23.8 Å². The first-order valence-electron chi connectivity index (χ1n) is 5.20. The SMILES string of the molecule is CNc1cc(N(C)c2ccccc2F)ncn1. The van der Waals surface area contributed by atoms with Gasteiger partial charge >= 0.3 is 0 Å². The highest BCUT2D eigenvalue weighted by atomic mass is 19.1. The van der Waals surface area contributed by atoms with E-state index in [4.69, 9.17) is 0 Å². The molecule has 4 nitrogen and oxygen atoms in total. The van der Waals surface area contributed by atoms with Crippen LogP contribution in [0.1, 0.15) is 0 Å². The van der Waals surface area contributed by atoms with Crippen LogP contribution < -0.4 is 10.2 Å². The Morgan fingerprint density at radius 2 is 2.00 bits per heavy atom. The van der Waals surface area contributed by atoms with Crippen molar-refractivity contribution in [2.24, 2.45) is 0 Å². The van der Waals surface area contributed by atoms with Gasteiger partial charge in [-0.2, -0.15) is 0 Å². The number of nitrogens with zero attached hydrogens (tertiary/aromatic N) is 3. The lowest BCUT2D eigenvalue weighted by molar-refractivity contribution is 0.627. The third kappa shape index (κ3) is 2.33. The molecule has 0 bridgehead atoms. The van der Waals surface area contributed by atoms with Crippen molar-refractivity contribution >= 4 is 17.3 Å². The molecule has 1 aromatic heterocycles. The highest BCUT2D eigenvalue weighted by Gasteiger charge is 2.10. The molecular formula is C12H13FN4. The molecule has 1 heterocycles. The number of halogens is 1. The highest BCUT2D eigenvalue weighted by molar-refractivity contribution is 5.61. The first kappa shape index (κ1) is 11.3. The Balaban J connectivity index is 2.37. The minimum Gasteiger partial charge on any atom is -0.373 e. The Morgan fingerprint density at radius 3 is 2.71 bits per heavy atom. The molecule has 0 aliphatic heterocycles. The van der Waals surface area contributed by atoms with E-state index in [9.17, 15) is 4.39 Å². The van der Waals surface area contributed by atoms with Gasteiger partial charge in [0.05, 0.1) is 5.69 Å². The van der Waals surface area contributed by atoms with Crippen LogP contribution in [-0.2, 0) is 0 Å². The van der Waals surface area contributed by atoms with Crippen LogP contribution in [0.15, 0.2) is 36.7 Å². The standard InChI is InChI=1S/C12H13FN4/c1-14-11-7-12(16-8-15-11)17(2)10-6-4-3-5-9(10)13/h3-8H,1-2H3,(H,14,15,16). The monoisotopic (exact) mass is 232 g/mol. The maximum Gasteiger partial charge on any atom is 0.146 e. The van der Waals surface area contributed by atoms with Crippen LogP contribution in [0.3, 0.4) is 0 Å². The number of hydrogen-bond donors (Lipinski definition) is 1. The number of anilines is 3. The molecule has 2 aromatic rings. The number of aromatic nitrogens is 2. The molecule has 0 radical (unpaired) electrons. The third-order valence-electron chi connectivity index (χ3n) is 2.47. The molecule has 0 aliphatic rings. The van der Waals surface area contributed by atoms with E-state index in [1.54, 1.807) is 43.3 Å². The number of rotatable bonds is 3. The summed E-state index contributed by atoms with van der Waals surface area (Å²) in [6.45, 7) is 0. The topological polar surface area (TPSA) is 41.0 Å². The van der Waals surface area contributed by atoms with Crippen molar-refractivity contribution in [3.05, 3.63) is 42.5 Å². The Bertz CT molecular complexity index is 515. The summed E-state index contributed by atoms with van der Waals surface area (Å²) in [4.78, 5) is 9.81. The molecule has 1 aromatic carbocycles. The first-order valence-corrected chi connectivity index (χ1v) is 5.20. The summed E-state index contributed by atoms with van der Waals surface area (Å²) in [6.07, 6.45) is 1.44. The molecule has 1 N–H and O–H groups in total.